The highest BCUT2D eigenvalue weighted by Crippen LogP contribution is 2.28. The van der Waals surface area contributed by atoms with Gasteiger partial charge in [0.25, 0.3) is 0 Å². The minimum absolute atomic E-state index is 0.103. The van der Waals surface area contributed by atoms with Crippen LogP contribution in [-0.4, -0.2) is 26.6 Å². The Balaban J connectivity index is 2.18. The van der Waals surface area contributed by atoms with Gasteiger partial charge in [-0.05, 0) is 48.9 Å². The summed E-state index contributed by atoms with van der Waals surface area (Å²) in [5.41, 5.74) is 1.03. The van der Waals surface area contributed by atoms with Crippen molar-refractivity contribution < 1.29 is 23.4 Å². The molecule has 0 amide bonds. The van der Waals surface area contributed by atoms with Crippen molar-refractivity contribution in [3.63, 3.8) is 0 Å². The SMILES string of the molecule is CCOc1ccc(/C=C/C(=O)c2ccc(OC)c(F)c2)cc1OC. The van der Waals surface area contributed by atoms with Crippen molar-refractivity contribution in [3.8, 4) is 17.2 Å². The Morgan fingerprint density at radius 1 is 1.04 bits per heavy atom. The molecule has 0 radical (unpaired) electrons. The van der Waals surface area contributed by atoms with E-state index in [2.05, 4.69) is 0 Å². The van der Waals surface area contributed by atoms with Gasteiger partial charge in [0.05, 0.1) is 20.8 Å². The Morgan fingerprint density at radius 3 is 2.38 bits per heavy atom. The predicted molar refractivity (Wildman–Crippen MR) is 90.5 cm³/mol. The highest BCUT2D eigenvalue weighted by Gasteiger charge is 2.08. The van der Waals surface area contributed by atoms with Crippen LogP contribution in [0.25, 0.3) is 6.08 Å². The van der Waals surface area contributed by atoms with Crippen molar-refractivity contribution in [3.05, 3.63) is 59.4 Å². The van der Waals surface area contributed by atoms with Crippen molar-refractivity contribution in [1.29, 1.82) is 0 Å². The lowest BCUT2D eigenvalue weighted by Gasteiger charge is -2.09. The quantitative estimate of drug-likeness (QED) is 0.565. The van der Waals surface area contributed by atoms with E-state index in [1.807, 2.05) is 13.0 Å². The third kappa shape index (κ3) is 4.13. The van der Waals surface area contributed by atoms with Crippen LogP contribution in [0.2, 0.25) is 0 Å². The zero-order chi connectivity index (χ0) is 17.5. The first-order valence-corrected chi connectivity index (χ1v) is 7.45. The van der Waals surface area contributed by atoms with Gasteiger partial charge in [-0.3, -0.25) is 4.79 Å². The third-order valence-corrected chi connectivity index (χ3v) is 3.35. The number of carbonyl (C=O) groups excluding carboxylic acids is 1. The van der Waals surface area contributed by atoms with E-state index in [1.54, 1.807) is 25.3 Å². The van der Waals surface area contributed by atoms with E-state index in [-0.39, 0.29) is 17.1 Å². The van der Waals surface area contributed by atoms with E-state index in [0.717, 1.165) is 11.6 Å². The summed E-state index contributed by atoms with van der Waals surface area (Å²) in [6.45, 7) is 2.42. The second kappa shape index (κ2) is 8.15. The largest absolute Gasteiger partial charge is 0.494 e. The Bertz CT molecular complexity index is 753. The van der Waals surface area contributed by atoms with Crippen molar-refractivity contribution >= 4 is 11.9 Å². The molecule has 126 valence electrons. The predicted octanol–water partition coefficient (Wildman–Crippen LogP) is 4.14. The summed E-state index contributed by atoms with van der Waals surface area (Å²) in [6.07, 6.45) is 3.03. The van der Waals surface area contributed by atoms with E-state index in [0.29, 0.717) is 18.1 Å². The molecular formula is C19H19FO4. The molecule has 0 saturated carbocycles. The summed E-state index contributed by atoms with van der Waals surface area (Å²) in [4.78, 5) is 12.1. The van der Waals surface area contributed by atoms with Crippen molar-refractivity contribution in [2.75, 3.05) is 20.8 Å². The zero-order valence-electron chi connectivity index (χ0n) is 13.8. The van der Waals surface area contributed by atoms with E-state index in [4.69, 9.17) is 14.2 Å². The average Bonchev–Trinajstić information content (AvgIpc) is 2.60. The van der Waals surface area contributed by atoms with Crippen LogP contribution < -0.4 is 14.2 Å². The monoisotopic (exact) mass is 330 g/mol. The lowest BCUT2D eigenvalue weighted by molar-refractivity contribution is 0.104. The van der Waals surface area contributed by atoms with Gasteiger partial charge in [0.15, 0.2) is 28.8 Å². The van der Waals surface area contributed by atoms with Gasteiger partial charge in [-0.1, -0.05) is 12.1 Å². The van der Waals surface area contributed by atoms with E-state index < -0.39 is 5.82 Å². The second-order valence-corrected chi connectivity index (χ2v) is 4.89. The lowest BCUT2D eigenvalue weighted by atomic mass is 10.1. The number of methoxy groups -OCH3 is 2. The van der Waals surface area contributed by atoms with Crippen LogP contribution in [0.3, 0.4) is 0 Å². The maximum absolute atomic E-state index is 13.7. The van der Waals surface area contributed by atoms with Gasteiger partial charge in [0, 0.05) is 5.56 Å². The first kappa shape index (κ1) is 17.5. The molecule has 0 aliphatic heterocycles. The summed E-state index contributed by atoms with van der Waals surface area (Å²) in [6, 6.07) is 9.46. The van der Waals surface area contributed by atoms with Crippen LogP contribution in [0.15, 0.2) is 42.5 Å². The molecule has 2 rings (SSSR count). The second-order valence-electron chi connectivity index (χ2n) is 4.89. The van der Waals surface area contributed by atoms with E-state index >= 15 is 0 Å². The Hall–Kier alpha value is -2.82. The smallest absolute Gasteiger partial charge is 0.185 e. The minimum atomic E-state index is -0.570. The van der Waals surface area contributed by atoms with Gasteiger partial charge in [0.2, 0.25) is 0 Å². The number of rotatable bonds is 7. The van der Waals surface area contributed by atoms with Gasteiger partial charge in [-0.15, -0.1) is 0 Å². The van der Waals surface area contributed by atoms with E-state index in [9.17, 15) is 9.18 Å². The van der Waals surface area contributed by atoms with Crippen LogP contribution in [0.4, 0.5) is 4.39 Å². The first-order chi connectivity index (χ1) is 11.6. The maximum atomic E-state index is 13.7. The minimum Gasteiger partial charge on any atom is -0.494 e. The lowest BCUT2D eigenvalue weighted by Crippen LogP contribution is -1.97. The van der Waals surface area contributed by atoms with Gasteiger partial charge in [0.1, 0.15) is 0 Å². The Morgan fingerprint density at radius 2 is 1.75 bits per heavy atom. The molecule has 2 aromatic carbocycles. The number of carbonyl (C=O) groups is 1. The molecular weight excluding hydrogens is 311 g/mol. The maximum Gasteiger partial charge on any atom is 0.185 e. The Labute approximate surface area is 140 Å². The normalized spacial score (nSPS) is 10.7. The molecule has 24 heavy (non-hydrogen) atoms. The number of allylic oxidation sites excluding steroid dienone is 1. The summed E-state index contributed by atoms with van der Waals surface area (Å²) in [5.74, 6) is 0.457. The summed E-state index contributed by atoms with van der Waals surface area (Å²) >= 11 is 0. The highest BCUT2D eigenvalue weighted by atomic mass is 19.1. The average molecular weight is 330 g/mol. The Kier molecular flexibility index (Phi) is 5.95. The standard InChI is InChI=1S/C19H19FO4/c1-4-24-18-9-6-13(11-19(18)23-3)5-8-16(21)14-7-10-17(22-2)15(20)12-14/h5-12H,4H2,1-3H3/b8-5+. The van der Waals surface area contributed by atoms with Crippen molar-refractivity contribution in [2.45, 2.75) is 6.92 Å². The number of ether oxygens (including phenoxy) is 3. The molecule has 0 heterocycles. The topological polar surface area (TPSA) is 44.8 Å². The summed E-state index contributed by atoms with van der Waals surface area (Å²) in [5, 5.41) is 0. The number of ketones is 1. The molecule has 0 bridgehead atoms. The molecule has 0 unspecified atom stereocenters. The fraction of sp³-hybridized carbons (Fsp3) is 0.211. The molecule has 0 fully saturated rings. The van der Waals surface area contributed by atoms with Crippen LogP contribution in [0, 0.1) is 5.82 Å². The summed E-state index contributed by atoms with van der Waals surface area (Å²) < 4.78 is 29.2. The number of hydrogen-bond donors (Lipinski definition) is 0. The number of benzene rings is 2. The molecule has 0 atom stereocenters. The fourth-order valence-electron chi connectivity index (χ4n) is 2.15. The zero-order valence-corrected chi connectivity index (χ0v) is 13.8. The highest BCUT2D eigenvalue weighted by molar-refractivity contribution is 6.06. The van der Waals surface area contributed by atoms with Gasteiger partial charge < -0.3 is 14.2 Å². The number of halogens is 1. The molecule has 5 heteroatoms. The molecule has 0 spiro atoms. The van der Waals surface area contributed by atoms with Crippen LogP contribution in [-0.2, 0) is 0 Å². The first-order valence-electron chi connectivity index (χ1n) is 7.45. The third-order valence-electron chi connectivity index (χ3n) is 3.35. The molecule has 0 N–H and O–H groups in total. The molecule has 2 aromatic rings. The van der Waals surface area contributed by atoms with Gasteiger partial charge in [-0.2, -0.15) is 0 Å². The molecule has 0 saturated heterocycles. The summed E-state index contributed by atoms with van der Waals surface area (Å²) in [7, 11) is 2.93. The van der Waals surface area contributed by atoms with Gasteiger partial charge >= 0.3 is 0 Å². The van der Waals surface area contributed by atoms with Gasteiger partial charge in [-0.25, -0.2) is 4.39 Å². The van der Waals surface area contributed by atoms with Crippen LogP contribution in [0.1, 0.15) is 22.8 Å². The van der Waals surface area contributed by atoms with Crippen molar-refractivity contribution in [1.82, 2.24) is 0 Å². The fourth-order valence-corrected chi connectivity index (χ4v) is 2.15. The molecule has 0 aromatic heterocycles. The van der Waals surface area contributed by atoms with E-state index in [1.165, 1.54) is 25.3 Å². The number of hydrogen-bond acceptors (Lipinski definition) is 4. The van der Waals surface area contributed by atoms with Crippen molar-refractivity contribution in [2.24, 2.45) is 0 Å². The van der Waals surface area contributed by atoms with Crippen LogP contribution >= 0.6 is 0 Å². The van der Waals surface area contributed by atoms with Crippen LogP contribution in [0.5, 0.6) is 17.2 Å². The molecule has 0 aliphatic carbocycles. The molecule has 4 nitrogen and oxygen atoms in total. The molecule has 0 aliphatic rings.